The van der Waals surface area contributed by atoms with Gasteiger partial charge < -0.3 is 14.7 Å². The number of carbonyl (C=O) groups excluding carboxylic acids is 2. The number of hydrogen-bond donors (Lipinski definition) is 1. The molecule has 23 heavy (non-hydrogen) atoms. The molecule has 0 radical (unpaired) electrons. The normalized spacial score (nSPS) is 21.6. The van der Waals surface area contributed by atoms with Crippen molar-refractivity contribution in [2.45, 2.75) is 12.8 Å². The third kappa shape index (κ3) is 2.92. The number of nitrogens with zero attached hydrogens (tertiary/aromatic N) is 3. The summed E-state index contributed by atoms with van der Waals surface area (Å²) in [6, 6.07) is 6.69. The molecule has 0 aromatic heterocycles. The van der Waals surface area contributed by atoms with Crippen LogP contribution in [-0.4, -0.2) is 59.5 Å². The number of carbonyl (C=O) groups is 2. The van der Waals surface area contributed by atoms with Gasteiger partial charge in [0.15, 0.2) is 0 Å². The third-order valence-electron chi connectivity index (χ3n) is 4.21. The minimum Gasteiger partial charge on any atom is -0.507 e. The van der Waals surface area contributed by atoms with E-state index in [-0.39, 0.29) is 5.75 Å². The molecular weight excluding hydrogens is 298 g/mol. The molecule has 1 fully saturated rings. The van der Waals surface area contributed by atoms with E-state index < -0.39 is 17.9 Å². The number of hydrogen-bond acceptors (Lipinski definition) is 6. The number of likely N-dealkylation sites (tertiary alicyclic amines) is 1. The van der Waals surface area contributed by atoms with Crippen LogP contribution < -0.4 is 0 Å². The summed E-state index contributed by atoms with van der Waals surface area (Å²) in [6.07, 6.45) is 1.39. The molecule has 3 rings (SSSR count). The lowest BCUT2D eigenvalue weighted by atomic mass is 9.95. The lowest BCUT2D eigenvalue weighted by Crippen LogP contribution is -2.38. The number of phenols is 1. The standard InChI is InChI=1S/C16H19N3O4/c1-23-16(22)19-15(21)12(10-18-8-4-5-9-18)14(17-19)11-6-2-3-7-13(11)20/h2-3,6-7,12,20H,4-5,8-10H2,1H3/t12-/m1/s1. The predicted octanol–water partition coefficient (Wildman–Crippen LogP) is 1.42. The van der Waals surface area contributed by atoms with Crippen molar-refractivity contribution in [1.29, 1.82) is 0 Å². The second-order valence-corrected chi connectivity index (χ2v) is 5.68. The van der Waals surface area contributed by atoms with Gasteiger partial charge in [-0.05, 0) is 38.1 Å². The van der Waals surface area contributed by atoms with Crippen LogP contribution in [0.4, 0.5) is 4.79 Å². The predicted molar refractivity (Wildman–Crippen MR) is 83.1 cm³/mol. The number of imide groups is 1. The minimum atomic E-state index is -0.813. The van der Waals surface area contributed by atoms with E-state index in [1.54, 1.807) is 18.2 Å². The van der Waals surface area contributed by atoms with Crippen LogP contribution in [0.15, 0.2) is 29.4 Å². The van der Waals surface area contributed by atoms with Gasteiger partial charge in [0.25, 0.3) is 5.91 Å². The number of phenolic OH excluding ortho intramolecular Hbond substituents is 1. The van der Waals surface area contributed by atoms with Crippen LogP contribution in [0.1, 0.15) is 18.4 Å². The Morgan fingerprint density at radius 2 is 2.04 bits per heavy atom. The van der Waals surface area contributed by atoms with Gasteiger partial charge in [-0.2, -0.15) is 5.10 Å². The van der Waals surface area contributed by atoms with Crippen LogP contribution in [0.3, 0.4) is 0 Å². The van der Waals surface area contributed by atoms with Crippen molar-refractivity contribution in [2.75, 3.05) is 26.7 Å². The Morgan fingerprint density at radius 1 is 1.35 bits per heavy atom. The van der Waals surface area contributed by atoms with E-state index in [1.807, 2.05) is 0 Å². The van der Waals surface area contributed by atoms with Crippen molar-refractivity contribution >= 4 is 17.7 Å². The maximum atomic E-state index is 12.6. The molecule has 7 nitrogen and oxygen atoms in total. The topological polar surface area (TPSA) is 82.4 Å². The number of ether oxygens (including phenoxy) is 1. The molecule has 1 aromatic carbocycles. The highest BCUT2D eigenvalue weighted by Gasteiger charge is 2.42. The lowest BCUT2D eigenvalue weighted by molar-refractivity contribution is -0.130. The number of rotatable bonds is 3. The first-order valence-electron chi connectivity index (χ1n) is 7.63. The Bertz CT molecular complexity index is 652. The molecule has 2 aliphatic rings. The van der Waals surface area contributed by atoms with Gasteiger partial charge >= 0.3 is 6.09 Å². The van der Waals surface area contributed by atoms with Crippen LogP contribution in [0.2, 0.25) is 0 Å². The number of hydrazone groups is 1. The summed E-state index contributed by atoms with van der Waals surface area (Å²) in [5.41, 5.74) is 0.877. The van der Waals surface area contributed by atoms with Gasteiger partial charge in [-0.3, -0.25) is 4.79 Å². The summed E-state index contributed by atoms with van der Waals surface area (Å²) < 4.78 is 4.62. The summed E-state index contributed by atoms with van der Waals surface area (Å²) in [5.74, 6) is -0.959. The molecule has 1 atom stereocenters. The zero-order chi connectivity index (χ0) is 16.4. The van der Waals surface area contributed by atoms with Gasteiger partial charge in [0, 0.05) is 12.1 Å². The van der Waals surface area contributed by atoms with Crippen molar-refractivity contribution in [3.8, 4) is 5.75 Å². The maximum absolute atomic E-state index is 12.6. The van der Waals surface area contributed by atoms with E-state index in [9.17, 15) is 14.7 Å². The fourth-order valence-corrected chi connectivity index (χ4v) is 3.03. The summed E-state index contributed by atoms with van der Waals surface area (Å²) in [4.78, 5) is 26.5. The van der Waals surface area contributed by atoms with E-state index in [2.05, 4.69) is 14.7 Å². The van der Waals surface area contributed by atoms with Crippen LogP contribution in [0, 0.1) is 5.92 Å². The molecule has 1 saturated heterocycles. The van der Waals surface area contributed by atoms with Gasteiger partial charge in [0.1, 0.15) is 5.75 Å². The maximum Gasteiger partial charge on any atom is 0.437 e. The zero-order valence-electron chi connectivity index (χ0n) is 12.9. The van der Waals surface area contributed by atoms with Gasteiger partial charge in [-0.15, -0.1) is 5.01 Å². The first kappa shape index (κ1) is 15.5. The molecule has 0 unspecified atom stereocenters. The largest absolute Gasteiger partial charge is 0.507 e. The molecular formula is C16H19N3O4. The Labute approximate surface area is 134 Å². The van der Waals surface area contributed by atoms with E-state index in [0.29, 0.717) is 17.8 Å². The quantitative estimate of drug-likeness (QED) is 0.911. The highest BCUT2D eigenvalue weighted by Crippen LogP contribution is 2.28. The van der Waals surface area contributed by atoms with Crippen LogP contribution in [0.25, 0.3) is 0 Å². The van der Waals surface area contributed by atoms with Gasteiger partial charge in [-0.1, -0.05) is 12.1 Å². The third-order valence-corrected chi connectivity index (χ3v) is 4.21. The molecule has 0 spiro atoms. The van der Waals surface area contributed by atoms with Gasteiger partial charge in [0.05, 0.1) is 18.7 Å². The summed E-state index contributed by atoms with van der Waals surface area (Å²) in [7, 11) is 1.21. The molecule has 2 heterocycles. The number of aromatic hydroxyl groups is 1. The minimum absolute atomic E-state index is 0.0391. The molecule has 2 amide bonds. The number of amides is 2. The smallest absolute Gasteiger partial charge is 0.437 e. The van der Waals surface area contributed by atoms with E-state index in [1.165, 1.54) is 13.2 Å². The molecule has 122 valence electrons. The summed E-state index contributed by atoms with van der Waals surface area (Å²) in [6.45, 7) is 2.34. The van der Waals surface area contributed by atoms with Crippen molar-refractivity contribution in [3.05, 3.63) is 29.8 Å². The summed E-state index contributed by atoms with van der Waals surface area (Å²) >= 11 is 0. The number of para-hydroxylation sites is 1. The summed E-state index contributed by atoms with van der Waals surface area (Å²) in [5, 5.41) is 15.0. The van der Waals surface area contributed by atoms with Crippen molar-refractivity contribution in [1.82, 2.24) is 9.91 Å². The molecule has 2 aliphatic heterocycles. The second kappa shape index (κ2) is 6.37. The van der Waals surface area contributed by atoms with Gasteiger partial charge in [-0.25, -0.2) is 4.79 Å². The number of methoxy groups -OCH3 is 1. The van der Waals surface area contributed by atoms with Crippen LogP contribution in [0.5, 0.6) is 5.75 Å². The average Bonchev–Trinajstić information content (AvgIpc) is 3.17. The van der Waals surface area contributed by atoms with E-state index in [4.69, 9.17) is 0 Å². The Morgan fingerprint density at radius 3 is 2.70 bits per heavy atom. The second-order valence-electron chi connectivity index (χ2n) is 5.68. The van der Waals surface area contributed by atoms with Crippen molar-refractivity contribution in [2.24, 2.45) is 11.0 Å². The molecule has 1 N–H and O–H groups in total. The molecule has 7 heteroatoms. The molecule has 0 bridgehead atoms. The first-order chi connectivity index (χ1) is 11.1. The van der Waals surface area contributed by atoms with Crippen molar-refractivity contribution < 1.29 is 19.4 Å². The zero-order valence-corrected chi connectivity index (χ0v) is 12.9. The monoisotopic (exact) mass is 317 g/mol. The van der Waals surface area contributed by atoms with E-state index >= 15 is 0 Å². The Hall–Kier alpha value is -2.41. The van der Waals surface area contributed by atoms with Gasteiger partial charge in [0.2, 0.25) is 0 Å². The highest BCUT2D eigenvalue weighted by molar-refractivity contribution is 6.20. The molecule has 0 aliphatic carbocycles. The van der Waals surface area contributed by atoms with E-state index in [0.717, 1.165) is 30.9 Å². The SMILES string of the molecule is COC(=O)N1N=C(c2ccccc2O)[C@@H](CN2CCCC2)C1=O. The number of benzene rings is 1. The fraction of sp³-hybridized carbons (Fsp3) is 0.438. The average molecular weight is 317 g/mol. The molecule has 0 saturated carbocycles. The van der Waals surface area contributed by atoms with Crippen molar-refractivity contribution in [3.63, 3.8) is 0 Å². The Balaban J connectivity index is 1.94. The lowest BCUT2D eigenvalue weighted by Gasteiger charge is -2.20. The van der Waals surface area contributed by atoms with Crippen LogP contribution in [-0.2, 0) is 9.53 Å². The highest BCUT2D eigenvalue weighted by atomic mass is 16.5. The fourth-order valence-electron chi connectivity index (χ4n) is 3.03. The Kier molecular flexibility index (Phi) is 4.29. The molecule has 1 aromatic rings. The first-order valence-corrected chi connectivity index (χ1v) is 7.63. The van der Waals surface area contributed by atoms with Crippen LogP contribution >= 0.6 is 0 Å².